The van der Waals surface area contributed by atoms with Gasteiger partial charge in [-0.05, 0) is 5.56 Å². The van der Waals surface area contributed by atoms with E-state index in [9.17, 15) is 4.79 Å². The van der Waals surface area contributed by atoms with Crippen LogP contribution in [0.3, 0.4) is 0 Å². The Morgan fingerprint density at radius 1 is 1.26 bits per heavy atom. The van der Waals surface area contributed by atoms with Crippen LogP contribution in [0.25, 0.3) is 0 Å². The van der Waals surface area contributed by atoms with Crippen LogP contribution in [0.15, 0.2) is 30.3 Å². The Morgan fingerprint density at radius 3 is 2.63 bits per heavy atom. The molecule has 1 unspecified atom stereocenters. The maximum atomic E-state index is 12.2. The highest BCUT2D eigenvalue weighted by atomic mass is 35.5. The minimum absolute atomic E-state index is 0. The summed E-state index contributed by atoms with van der Waals surface area (Å²) in [6, 6.07) is 10.1. The SMILES string of the molecule is Cl.O=C(C1CNC1)N1CCOC(c2ccccc2)C1. The molecule has 0 saturated carbocycles. The summed E-state index contributed by atoms with van der Waals surface area (Å²) in [4.78, 5) is 14.1. The number of hydrogen-bond acceptors (Lipinski definition) is 3. The maximum absolute atomic E-state index is 12.2. The number of carbonyl (C=O) groups excluding carboxylic acids is 1. The Hall–Kier alpha value is -1.10. The lowest BCUT2D eigenvalue weighted by Gasteiger charge is -2.37. The summed E-state index contributed by atoms with van der Waals surface area (Å²) in [5, 5.41) is 3.15. The highest BCUT2D eigenvalue weighted by Gasteiger charge is 2.32. The molecule has 1 aromatic rings. The van der Waals surface area contributed by atoms with Gasteiger partial charge in [0.05, 0.1) is 19.1 Å². The van der Waals surface area contributed by atoms with Crippen molar-refractivity contribution in [2.45, 2.75) is 6.10 Å². The maximum Gasteiger partial charge on any atom is 0.228 e. The minimum Gasteiger partial charge on any atom is -0.370 e. The monoisotopic (exact) mass is 282 g/mol. The minimum atomic E-state index is 0. The summed E-state index contributed by atoms with van der Waals surface area (Å²) in [6.07, 6.45) is 0.0249. The molecule has 2 saturated heterocycles. The van der Waals surface area contributed by atoms with E-state index in [1.165, 1.54) is 0 Å². The van der Waals surface area contributed by atoms with Crippen molar-refractivity contribution in [2.75, 3.05) is 32.8 Å². The summed E-state index contributed by atoms with van der Waals surface area (Å²) in [5.41, 5.74) is 1.15. The van der Waals surface area contributed by atoms with Gasteiger partial charge in [-0.2, -0.15) is 0 Å². The number of halogens is 1. The van der Waals surface area contributed by atoms with E-state index in [0.717, 1.165) is 25.2 Å². The molecule has 0 bridgehead atoms. The first-order chi connectivity index (χ1) is 8.84. The van der Waals surface area contributed by atoms with Gasteiger partial charge in [-0.3, -0.25) is 4.79 Å². The average molecular weight is 283 g/mol. The molecule has 2 heterocycles. The standard InChI is InChI=1S/C14H18N2O2.ClH/c17-14(12-8-15-9-12)16-6-7-18-13(10-16)11-4-2-1-3-5-11;/h1-5,12-13,15H,6-10H2;1H. The molecule has 3 rings (SSSR count). The Labute approximate surface area is 119 Å². The first-order valence-corrected chi connectivity index (χ1v) is 6.50. The summed E-state index contributed by atoms with van der Waals surface area (Å²) in [7, 11) is 0. The fraction of sp³-hybridized carbons (Fsp3) is 0.500. The summed E-state index contributed by atoms with van der Waals surface area (Å²) >= 11 is 0. The van der Waals surface area contributed by atoms with Gasteiger partial charge in [-0.1, -0.05) is 30.3 Å². The molecule has 0 radical (unpaired) electrons. The predicted molar refractivity (Wildman–Crippen MR) is 75.3 cm³/mol. The molecule has 1 amide bonds. The number of amides is 1. The zero-order valence-corrected chi connectivity index (χ0v) is 11.6. The lowest BCUT2D eigenvalue weighted by molar-refractivity contribution is -0.144. The van der Waals surface area contributed by atoms with E-state index in [4.69, 9.17) is 4.74 Å². The number of nitrogens with zero attached hydrogens (tertiary/aromatic N) is 1. The van der Waals surface area contributed by atoms with Crippen LogP contribution in [0.4, 0.5) is 0 Å². The molecule has 2 fully saturated rings. The van der Waals surface area contributed by atoms with Crippen molar-refractivity contribution in [2.24, 2.45) is 5.92 Å². The highest BCUT2D eigenvalue weighted by molar-refractivity contribution is 5.85. The molecule has 1 aromatic carbocycles. The lowest BCUT2D eigenvalue weighted by Crippen LogP contribution is -2.54. The summed E-state index contributed by atoms with van der Waals surface area (Å²) in [5.74, 6) is 0.456. The average Bonchev–Trinajstić information content (AvgIpc) is 2.38. The third kappa shape index (κ3) is 3.08. The fourth-order valence-corrected chi connectivity index (χ4v) is 2.44. The van der Waals surface area contributed by atoms with Gasteiger partial charge >= 0.3 is 0 Å². The molecule has 5 heteroatoms. The van der Waals surface area contributed by atoms with Crippen molar-refractivity contribution in [3.8, 4) is 0 Å². The molecule has 1 atom stereocenters. The van der Waals surface area contributed by atoms with E-state index in [-0.39, 0.29) is 30.3 Å². The molecule has 2 aliphatic rings. The quantitative estimate of drug-likeness (QED) is 0.887. The molecule has 19 heavy (non-hydrogen) atoms. The molecule has 0 aromatic heterocycles. The molecule has 1 N–H and O–H groups in total. The van der Waals surface area contributed by atoms with Crippen LogP contribution in [-0.4, -0.2) is 43.6 Å². The Kier molecular flexibility index (Phi) is 4.80. The van der Waals surface area contributed by atoms with E-state index >= 15 is 0 Å². The van der Waals surface area contributed by atoms with Crippen molar-refractivity contribution < 1.29 is 9.53 Å². The Bertz CT molecular complexity index is 423. The van der Waals surface area contributed by atoms with Gasteiger partial charge in [0.1, 0.15) is 6.10 Å². The molecule has 104 valence electrons. The molecule has 4 nitrogen and oxygen atoms in total. The van der Waals surface area contributed by atoms with Gasteiger partial charge in [0.25, 0.3) is 0 Å². The summed E-state index contributed by atoms with van der Waals surface area (Å²) in [6.45, 7) is 3.68. The number of morpholine rings is 1. The number of nitrogens with one attached hydrogen (secondary N) is 1. The van der Waals surface area contributed by atoms with E-state index in [1.54, 1.807) is 0 Å². The van der Waals surface area contributed by atoms with Crippen LogP contribution in [0.5, 0.6) is 0 Å². The van der Waals surface area contributed by atoms with Gasteiger partial charge in [0.15, 0.2) is 0 Å². The molecular weight excluding hydrogens is 264 g/mol. The fourth-order valence-electron chi connectivity index (χ4n) is 2.44. The van der Waals surface area contributed by atoms with E-state index < -0.39 is 0 Å². The van der Waals surface area contributed by atoms with Gasteiger partial charge in [-0.15, -0.1) is 12.4 Å². The first-order valence-electron chi connectivity index (χ1n) is 6.50. The summed E-state index contributed by atoms with van der Waals surface area (Å²) < 4.78 is 5.77. The van der Waals surface area contributed by atoms with Crippen LogP contribution in [0.1, 0.15) is 11.7 Å². The topological polar surface area (TPSA) is 41.6 Å². The number of carbonyl (C=O) groups is 1. The number of benzene rings is 1. The van der Waals surface area contributed by atoms with E-state index in [1.807, 2.05) is 23.1 Å². The highest BCUT2D eigenvalue weighted by Crippen LogP contribution is 2.23. The van der Waals surface area contributed by atoms with Crippen LogP contribution < -0.4 is 5.32 Å². The smallest absolute Gasteiger partial charge is 0.228 e. The van der Waals surface area contributed by atoms with Crippen LogP contribution in [0, 0.1) is 5.92 Å². The second-order valence-corrected chi connectivity index (χ2v) is 4.91. The Morgan fingerprint density at radius 2 is 2.00 bits per heavy atom. The van der Waals surface area contributed by atoms with Crippen LogP contribution in [0.2, 0.25) is 0 Å². The molecule has 0 aliphatic carbocycles. The molecule has 0 spiro atoms. The van der Waals surface area contributed by atoms with Crippen molar-refractivity contribution in [3.63, 3.8) is 0 Å². The lowest BCUT2D eigenvalue weighted by atomic mass is 10.0. The largest absolute Gasteiger partial charge is 0.370 e. The van der Waals surface area contributed by atoms with Crippen molar-refractivity contribution in [1.29, 1.82) is 0 Å². The number of rotatable bonds is 2. The van der Waals surface area contributed by atoms with Crippen LogP contribution >= 0.6 is 12.4 Å². The third-order valence-electron chi connectivity index (χ3n) is 3.68. The first kappa shape index (κ1) is 14.3. The third-order valence-corrected chi connectivity index (χ3v) is 3.68. The molecule has 2 aliphatic heterocycles. The van der Waals surface area contributed by atoms with Gasteiger partial charge in [0, 0.05) is 19.6 Å². The van der Waals surface area contributed by atoms with Crippen molar-refractivity contribution in [3.05, 3.63) is 35.9 Å². The van der Waals surface area contributed by atoms with E-state index in [2.05, 4.69) is 17.4 Å². The normalized spacial score (nSPS) is 23.4. The zero-order chi connectivity index (χ0) is 12.4. The van der Waals surface area contributed by atoms with Crippen molar-refractivity contribution >= 4 is 18.3 Å². The van der Waals surface area contributed by atoms with Gasteiger partial charge < -0.3 is 15.0 Å². The van der Waals surface area contributed by atoms with Crippen LogP contribution in [-0.2, 0) is 9.53 Å². The van der Waals surface area contributed by atoms with E-state index in [0.29, 0.717) is 13.2 Å². The zero-order valence-electron chi connectivity index (χ0n) is 10.7. The van der Waals surface area contributed by atoms with Crippen molar-refractivity contribution in [1.82, 2.24) is 10.2 Å². The van der Waals surface area contributed by atoms with Gasteiger partial charge in [0.2, 0.25) is 5.91 Å². The number of hydrogen-bond donors (Lipinski definition) is 1. The second-order valence-electron chi connectivity index (χ2n) is 4.91. The predicted octanol–water partition coefficient (Wildman–Crippen LogP) is 1.23. The molecular formula is C14H19ClN2O2. The Balaban J connectivity index is 0.00000133. The second kappa shape index (κ2) is 6.37. The van der Waals surface area contributed by atoms with Gasteiger partial charge in [-0.25, -0.2) is 0 Å². The number of ether oxygens (including phenoxy) is 1.